The van der Waals surface area contributed by atoms with Crippen LogP contribution in [0.15, 0.2) is 0 Å². The van der Waals surface area contributed by atoms with E-state index in [1.807, 2.05) is 0 Å². The molecule has 0 aromatic carbocycles. The highest BCUT2D eigenvalue weighted by atomic mass is 32.3. The van der Waals surface area contributed by atoms with Crippen LogP contribution in [0.4, 0.5) is 0 Å². The van der Waals surface area contributed by atoms with E-state index in [9.17, 15) is 8.42 Å². The Bertz CT molecular complexity index is 258. The summed E-state index contributed by atoms with van der Waals surface area (Å²) in [5.74, 6) is 4.63. The summed E-state index contributed by atoms with van der Waals surface area (Å²) < 4.78 is 28.3. The first-order valence-electron chi connectivity index (χ1n) is 2.43. The molecule has 11 heavy (non-hydrogen) atoms. The third-order valence-corrected chi connectivity index (χ3v) is 1.46. The maximum Gasteiger partial charge on any atom is 0.446 e. The maximum absolute atomic E-state index is 10.2. The van der Waals surface area contributed by atoms with Gasteiger partial charge in [0, 0.05) is 7.05 Å². The van der Waals surface area contributed by atoms with Crippen molar-refractivity contribution in [3.63, 3.8) is 0 Å². The summed E-state index contributed by atoms with van der Waals surface area (Å²) in [5.41, 5.74) is 0. The minimum atomic E-state index is -3.91. The molecule has 64 valence electrons. The molecule has 0 radical (unpaired) electrons. The third-order valence-electron chi connectivity index (χ3n) is 0.825. The molecular formula is C2H6N4O4S. The normalized spacial score (nSPS) is 20.7. The summed E-state index contributed by atoms with van der Waals surface area (Å²) in [4.78, 5) is 0. The zero-order valence-corrected chi connectivity index (χ0v) is 6.33. The molecule has 1 fully saturated rings. The van der Waals surface area contributed by atoms with Gasteiger partial charge in [-0.05, 0) is 5.23 Å². The number of nitrogens with one attached hydrogen (secondary N) is 1. The number of nitrogens with zero attached hydrogens (tertiary/aromatic N) is 2. The zero-order chi connectivity index (χ0) is 8.65. The fourth-order valence-corrected chi connectivity index (χ4v) is 0.855. The number of rotatable bonds is 0. The first-order valence-corrected chi connectivity index (χ1v) is 3.77. The van der Waals surface area contributed by atoms with Crippen LogP contribution in [0.25, 0.3) is 0 Å². The first-order chi connectivity index (χ1) is 4.92. The number of hydroxylamine groups is 2. The number of guanidine groups is 1. The molecule has 0 unspecified atom stereocenters. The first kappa shape index (κ1) is 8.20. The lowest BCUT2D eigenvalue weighted by atomic mass is 10.9. The van der Waals surface area contributed by atoms with Crippen LogP contribution >= 0.6 is 0 Å². The molecule has 1 saturated heterocycles. The second kappa shape index (κ2) is 2.30. The van der Waals surface area contributed by atoms with Crippen LogP contribution in [-0.2, 0) is 19.0 Å². The molecule has 0 spiro atoms. The van der Waals surface area contributed by atoms with Crippen molar-refractivity contribution in [1.82, 2.24) is 10.2 Å². The van der Waals surface area contributed by atoms with Gasteiger partial charge >= 0.3 is 10.4 Å². The van der Waals surface area contributed by atoms with Crippen LogP contribution in [0.5, 0.6) is 0 Å². The van der Waals surface area contributed by atoms with Gasteiger partial charge in [-0.2, -0.15) is 8.42 Å². The highest BCUT2D eigenvalue weighted by Crippen LogP contribution is 2.16. The second-order valence-corrected chi connectivity index (χ2v) is 2.86. The van der Waals surface area contributed by atoms with Gasteiger partial charge in [0.2, 0.25) is 0 Å². The van der Waals surface area contributed by atoms with Gasteiger partial charge in [-0.1, -0.05) is 8.57 Å². The van der Waals surface area contributed by atoms with Gasteiger partial charge in [0.25, 0.3) is 5.96 Å². The molecule has 1 rings (SSSR count). The second-order valence-electron chi connectivity index (χ2n) is 1.75. The van der Waals surface area contributed by atoms with E-state index in [2.05, 4.69) is 8.57 Å². The lowest BCUT2D eigenvalue weighted by Gasteiger charge is -2.29. The van der Waals surface area contributed by atoms with Crippen LogP contribution in [0.3, 0.4) is 0 Å². The molecule has 8 nitrogen and oxygen atoms in total. The van der Waals surface area contributed by atoms with E-state index in [4.69, 9.17) is 11.3 Å². The Balaban J connectivity index is 2.51. The van der Waals surface area contributed by atoms with E-state index < -0.39 is 16.4 Å². The molecule has 1 heterocycles. The quantitative estimate of drug-likeness (QED) is 0.196. The smallest absolute Gasteiger partial charge is 0.280 e. The summed E-state index contributed by atoms with van der Waals surface area (Å²) >= 11 is 0. The van der Waals surface area contributed by atoms with Crippen molar-refractivity contribution < 1.29 is 17.0 Å². The fraction of sp³-hybridized carbons (Fsp3) is 0.500. The molecule has 1 aliphatic rings. The summed E-state index contributed by atoms with van der Waals surface area (Å²) in [5, 5.41) is 8.19. The van der Waals surface area contributed by atoms with Crippen LogP contribution in [0, 0.1) is 5.41 Å². The van der Waals surface area contributed by atoms with E-state index in [-0.39, 0.29) is 0 Å². The Kier molecular flexibility index (Phi) is 1.72. The van der Waals surface area contributed by atoms with Crippen LogP contribution in [0.1, 0.15) is 0 Å². The van der Waals surface area contributed by atoms with E-state index >= 15 is 0 Å². The van der Waals surface area contributed by atoms with E-state index in [0.29, 0.717) is 5.23 Å². The number of hydrazine groups is 1. The predicted molar refractivity (Wildman–Crippen MR) is 32.6 cm³/mol. The minimum Gasteiger partial charge on any atom is -0.280 e. The van der Waals surface area contributed by atoms with Gasteiger partial charge < -0.3 is 0 Å². The summed E-state index contributed by atoms with van der Waals surface area (Å²) in [6.45, 7) is 0. The van der Waals surface area contributed by atoms with Crippen LogP contribution in [-0.4, -0.2) is 31.7 Å². The van der Waals surface area contributed by atoms with Crippen molar-refractivity contribution in [2.45, 2.75) is 0 Å². The van der Waals surface area contributed by atoms with Gasteiger partial charge in [0.05, 0.1) is 0 Å². The summed E-state index contributed by atoms with van der Waals surface area (Å²) in [7, 11) is -2.57. The van der Waals surface area contributed by atoms with Gasteiger partial charge in [0.15, 0.2) is 0 Å². The number of nitrogens with two attached hydrogens (primary N) is 1. The molecular weight excluding hydrogens is 176 g/mol. The standard InChI is InChI=1S/C2H6N4O4S/c1-5(4)2(3)6-9-11(7,8)10-6/h3H,4H2,1H3. The topological polar surface area (TPSA) is 109 Å². The van der Waals surface area contributed by atoms with Crippen molar-refractivity contribution in [3.8, 4) is 0 Å². The summed E-state index contributed by atoms with van der Waals surface area (Å²) in [6.07, 6.45) is 0. The largest absolute Gasteiger partial charge is 0.446 e. The molecule has 0 aromatic rings. The maximum atomic E-state index is 10.2. The molecule has 0 amide bonds. The lowest BCUT2D eigenvalue weighted by Crippen LogP contribution is -2.52. The molecule has 3 N–H and O–H groups in total. The van der Waals surface area contributed by atoms with Crippen LogP contribution in [0.2, 0.25) is 0 Å². The van der Waals surface area contributed by atoms with Gasteiger partial charge in [-0.15, -0.1) is 0 Å². The minimum absolute atomic E-state index is 0.370. The Morgan fingerprint density at radius 3 is 2.36 bits per heavy atom. The predicted octanol–water partition coefficient (Wildman–Crippen LogP) is -1.85. The Hall–Kier alpha value is -0.900. The highest BCUT2D eigenvalue weighted by Gasteiger charge is 2.38. The van der Waals surface area contributed by atoms with Gasteiger partial charge in [-0.3, -0.25) is 10.4 Å². The molecule has 9 heteroatoms. The third kappa shape index (κ3) is 1.57. The SMILES string of the molecule is CN(N)C(=N)N1OS(=O)(=O)O1. The Labute approximate surface area is 62.8 Å². The molecule has 0 atom stereocenters. The van der Waals surface area contributed by atoms with E-state index in [1.165, 1.54) is 7.05 Å². The van der Waals surface area contributed by atoms with Crippen molar-refractivity contribution in [1.29, 1.82) is 5.41 Å². The van der Waals surface area contributed by atoms with Gasteiger partial charge in [0.1, 0.15) is 0 Å². The fourth-order valence-electron chi connectivity index (χ4n) is 0.371. The van der Waals surface area contributed by atoms with Crippen LogP contribution < -0.4 is 5.84 Å². The monoisotopic (exact) mass is 182 g/mol. The van der Waals surface area contributed by atoms with Gasteiger partial charge in [-0.25, -0.2) is 5.84 Å². The average Bonchev–Trinajstić information content (AvgIpc) is 1.80. The van der Waals surface area contributed by atoms with E-state index in [1.54, 1.807) is 0 Å². The number of hydrogen-bond acceptors (Lipinski definition) is 6. The average molecular weight is 182 g/mol. The Morgan fingerprint density at radius 1 is 1.64 bits per heavy atom. The van der Waals surface area contributed by atoms with E-state index in [0.717, 1.165) is 5.01 Å². The van der Waals surface area contributed by atoms with Crippen molar-refractivity contribution in [3.05, 3.63) is 0 Å². The summed E-state index contributed by atoms with van der Waals surface area (Å²) in [6, 6.07) is 0. The highest BCUT2D eigenvalue weighted by molar-refractivity contribution is 7.82. The van der Waals surface area contributed by atoms with Crippen molar-refractivity contribution in [2.75, 3.05) is 7.05 Å². The zero-order valence-electron chi connectivity index (χ0n) is 5.51. The molecule has 0 aromatic heterocycles. The Morgan fingerprint density at radius 2 is 2.09 bits per heavy atom. The van der Waals surface area contributed by atoms with Crippen molar-refractivity contribution in [2.24, 2.45) is 5.84 Å². The molecule has 0 saturated carbocycles. The van der Waals surface area contributed by atoms with Crippen molar-refractivity contribution >= 4 is 16.4 Å². The molecule has 1 aliphatic heterocycles. The lowest BCUT2D eigenvalue weighted by molar-refractivity contribution is -0.275. The number of hydrogen-bond donors (Lipinski definition) is 2. The molecule has 0 bridgehead atoms. The molecule has 0 aliphatic carbocycles.